The third-order valence-corrected chi connectivity index (χ3v) is 4.15. The quantitative estimate of drug-likeness (QED) is 0.847. The molecule has 0 saturated carbocycles. The van der Waals surface area contributed by atoms with Gasteiger partial charge in [-0.05, 0) is 37.3 Å². The molecular formula is C16H14ClFN2O3. The molecule has 7 heteroatoms. The molecule has 0 bridgehead atoms. The number of nitrogens with zero attached hydrogens (tertiary/aromatic N) is 2. The second-order valence-corrected chi connectivity index (χ2v) is 5.65. The fourth-order valence-electron chi connectivity index (χ4n) is 2.60. The number of carbonyl (C=O) groups excluding carboxylic acids is 2. The van der Waals surface area contributed by atoms with Crippen LogP contribution in [0.3, 0.4) is 0 Å². The number of rotatable bonds is 2. The van der Waals surface area contributed by atoms with Gasteiger partial charge in [0.15, 0.2) is 5.76 Å². The van der Waals surface area contributed by atoms with Gasteiger partial charge in [0.25, 0.3) is 5.91 Å². The second-order valence-electron chi connectivity index (χ2n) is 5.24. The molecule has 2 amide bonds. The highest BCUT2D eigenvalue weighted by Crippen LogP contribution is 2.26. The van der Waals surface area contributed by atoms with Gasteiger partial charge in [-0.15, -0.1) is 0 Å². The van der Waals surface area contributed by atoms with Gasteiger partial charge in [0.05, 0.1) is 11.3 Å². The maximum Gasteiger partial charge on any atom is 0.290 e. The van der Waals surface area contributed by atoms with E-state index in [4.69, 9.17) is 16.0 Å². The topological polar surface area (TPSA) is 53.8 Å². The SMILES string of the molecule is CC1C(=O)N(c2ccc(F)c(Cl)c2)CCN1C(=O)c1ccco1. The van der Waals surface area contributed by atoms with E-state index in [0.717, 1.165) is 0 Å². The number of piperazine rings is 1. The number of hydrogen-bond acceptors (Lipinski definition) is 3. The zero-order valence-corrected chi connectivity index (χ0v) is 13.1. The molecule has 0 spiro atoms. The van der Waals surface area contributed by atoms with Crippen LogP contribution in [0.5, 0.6) is 0 Å². The van der Waals surface area contributed by atoms with E-state index >= 15 is 0 Å². The second kappa shape index (κ2) is 6.04. The molecule has 1 aromatic carbocycles. The van der Waals surface area contributed by atoms with Gasteiger partial charge >= 0.3 is 0 Å². The minimum atomic E-state index is -0.648. The maximum atomic E-state index is 13.3. The van der Waals surface area contributed by atoms with E-state index in [0.29, 0.717) is 18.8 Å². The van der Waals surface area contributed by atoms with Crippen LogP contribution < -0.4 is 4.90 Å². The molecule has 1 unspecified atom stereocenters. The fraction of sp³-hybridized carbons (Fsp3) is 0.250. The van der Waals surface area contributed by atoms with Gasteiger partial charge in [0.1, 0.15) is 11.9 Å². The van der Waals surface area contributed by atoms with Crippen LogP contribution >= 0.6 is 11.6 Å². The average Bonchev–Trinajstić information content (AvgIpc) is 3.06. The molecule has 3 rings (SSSR count). The maximum absolute atomic E-state index is 13.3. The average molecular weight is 337 g/mol. The van der Waals surface area contributed by atoms with Crippen molar-refractivity contribution >= 4 is 29.1 Å². The van der Waals surface area contributed by atoms with Crippen LogP contribution in [-0.4, -0.2) is 35.8 Å². The Morgan fingerprint density at radius 1 is 1.35 bits per heavy atom. The number of carbonyl (C=O) groups is 2. The highest BCUT2D eigenvalue weighted by molar-refractivity contribution is 6.31. The van der Waals surface area contributed by atoms with Crippen molar-refractivity contribution in [2.45, 2.75) is 13.0 Å². The molecule has 1 aliphatic rings. The van der Waals surface area contributed by atoms with E-state index in [9.17, 15) is 14.0 Å². The van der Waals surface area contributed by atoms with Crippen LogP contribution in [0.2, 0.25) is 5.02 Å². The van der Waals surface area contributed by atoms with E-state index in [2.05, 4.69) is 0 Å². The predicted molar refractivity (Wildman–Crippen MR) is 83.0 cm³/mol. The summed E-state index contributed by atoms with van der Waals surface area (Å²) < 4.78 is 18.4. The lowest BCUT2D eigenvalue weighted by Crippen LogP contribution is -2.57. The van der Waals surface area contributed by atoms with Crippen LogP contribution in [0.25, 0.3) is 0 Å². The third kappa shape index (κ3) is 2.82. The lowest BCUT2D eigenvalue weighted by atomic mass is 10.1. The van der Waals surface area contributed by atoms with Crippen LogP contribution in [0, 0.1) is 5.82 Å². The number of anilines is 1. The summed E-state index contributed by atoms with van der Waals surface area (Å²) in [5.74, 6) is -0.919. The van der Waals surface area contributed by atoms with Gasteiger partial charge in [0, 0.05) is 18.8 Å². The Hall–Kier alpha value is -2.34. The first-order valence-electron chi connectivity index (χ1n) is 7.10. The molecular weight excluding hydrogens is 323 g/mol. The molecule has 2 heterocycles. The number of benzene rings is 1. The Morgan fingerprint density at radius 3 is 2.78 bits per heavy atom. The standard InChI is InChI=1S/C16H14ClFN2O3/c1-10-15(21)20(11-4-5-13(18)12(17)9-11)7-6-19(10)16(22)14-3-2-8-23-14/h2-5,8-10H,6-7H2,1H3. The van der Waals surface area contributed by atoms with E-state index in [-0.39, 0.29) is 22.6 Å². The monoisotopic (exact) mass is 336 g/mol. The summed E-state index contributed by atoms with van der Waals surface area (Å²) in [6.07, 6.45) is 1.41. The minimum Gasteiger partial charge on any atom is -0.459 e. The molecule has 1 saturated heterocycles. The molecule has 0 N–H and O–H groups in total. The molecule has 120 valence electrons. The lowest BCUT2D eigenvalue weighted by molar-refractivity contribution is -0.124. The lowest BCUT2D eigenvalue weighted by Gasteiger charge is -2.38. The summed E-state index contributed by atoms with van der Waals surface area (Å²) in [4.78, 5) is 27.9. The van der Waals surface area contributed by atoms with Crippen molar-refractivity contribution in [2.75, 3.05) is 18.0 Å². The van der Waals surface area contributed by atoms with Crippen molar-refractivity contribution in [3.63, 3.8) is 0 Å². The Balaban J connectivity index is 1.81. The Kier molecular flexibility index (Phi) is 4.09. The summed E-state index contributed by atoms with van der Waals surface area (Å²) in [6.45, 7) is 2.31. The minimum absolute atomic E-state index is 0.0444. The van der Waals surface area contributed by atoms with Crippen LogP contribution in [0.1, 0.15) is 17.5 Å². The summed E-state index contributed by atoms with van der Waals surface area (Å²) in [7, 11) is 0. The first-order chi connectivity index (χ1) is 11.0. The fourth-order valence-corrected chi connectivity index (χ4v) is 2.77. The number of amides is 2. The highest BCUT2D eigenvalue weighted by Gasteiger charge is 2.36. The molecule has 23 heavy (non-hydrogen) atoms. The Labute approximate surface area is 137 Å². The zero-order valence-electron chi connectivity index (χ0n) is 12.3. The molecule has 1 aromatic heterocycles. The number of halogens is 2. The summed E-state index contributed by atoms with van der Waals surface area (Å²) in [5.41, 5.74) is 0.512. The highest BCUT2D eigenvalue weighted by atomic mass is 35.5. The molecule has 1 atom stereocenters. The Morgan fingerprint density at radius 2 is 2.13 bits per heavy atom. The van der Waals surface area contributed by atoms with E-state index in [1.54, 1.807) is 19.1 Å². The molecule has 5 nitrogen and oxygen atoms in total. The van der Waals surface area contributed by atoms with Crippen molar-refractivity contribution in [3.05, 3.63) is 53.2 Å². The normalized spacial score (nSPS) is 18.4. The smallest absolute Gasteiger partial charge is 0.290 e. The first-order valence-corrected chi connectivity index (χ1v) is 7.47. The Bertz CT molecular complexity index is 748. The van der Waals surface area contributed by atoms with Gasteiger partial charge in [-0.2, -0.15) is 0 Å². The largest absolute Gasteiger partial charge is 0.459 e. The first kappa shape index (κ1) is 15.6. The molecule has 0 radical (unpaired) electrons. The summed E-state index contributed by atoms with van der Waals surface area (Å²) in [6, 6.07) is 6.66. The van der Waals surface area contributed by atoms with Crippen LogP contribution in [-0.2, 0) is 4.79 Å². The summed E-state index contributed by atoms with van der Waals surface area (Å²) in [5, 5.41) is -0.0444. The molecule has 2 aromatic rings. The predicted octanol–water partition coefficient (Wildman–Crippen LogP) is 2.95. The third-order valence-electron chi connectivity index (χ3n) is 3.86. The van der Waals surface area contributed by atoms with Crippen LogP contribution in [0.15, 0.2) is 41.0 Å². The molecule has 1 fully saturated rings. The van der Waals surface area contributed by atoms with Crippen molar-refractivity contribution in [1.29, 1.82) is 0 Å². The van der Waals surface area contributed by atoms with E-state index in [1.807, 2.05) is 0 Å². The summed E-state index contributed by atoms with van der Waals surface area (Å²) >= 11 is 5.77. The van der Waals surface area contributed by atoms with Crippen molar-refractivity contribution in [2.24, 2.45) is 0 Å². The van der Waals surface area contributed by atoms with Crippen LogP contribution in [0.4, 0.5) is 10.1 Å². The van der Waals surface area contributed by atoms with Gasteiger partial charge in [-0.3, -0.25) is 9.59 Å². The van der Waals surface area contributed by atoms with E-state index < -0.39 is 11.9 Å². The zero-order chi connectivity index (χ0) is 16.6. The van der Waals surface area contributed by atoms with Crippen molar-refractivity contribution in [1.82, 2.24) is 4.90 Å². The van der Waals surface area contributed by atoms with Crippen molar-refractivity contribution in [3.8, 4) is 0 Å². The van der Waals surface area contributed by atoms with Gasteiger partial charge in [-0.1, -0.05) is 11.6 Å². The van der Waals surface area contributed by atoms with Gasteiger partial charge in [0.2, 0.25) is 5.91 Å². The molecule has 0 aliphatic carbocycles. The van der Waals surface area contributed by atoms with Gasteiger partial charge in [-0.25, -0.2) is 4.39 Å². The molecule has 1 aliphatic heterocycles. The number of hydrogen-bond donors (Lipinski definition) is 0. The van der Waals surface area contributed by atoms with E-state index in [1.165, 1.54) is 34.3 Å². The number of furan rings is 1. The van der Waals surface area contributed by atoms with Gasteiger partial charge < -0.3 is 14.2 Å². The van der Waals surface area contributed by atoms with Crippen molar-refractivity contribution < 1.29 is 18.4 Å².